The minimum atomic E-state index is -0.368. The summed E-state index contributed by atoms with van der Waals surface area (Å²) < 4.78 is 0. The summed E-state index contributed by atoms with van der Waals surface area (Å²) in [6.07, 6.45) is 0. The maximum absolute atomic E-state index is 8.86. The smallest absolute Gasteiger partial charge is 0.201 e. The van der Waals surface area contributed by atoms with Crippen molar-refractivity contribution in [3.8, 4) is 6.07 Å². The Bertz CT molecular complexity index is 714. The van der Waals surface area contributed by atoms with Gasteiger partial charge in [-0.3, -0.25) is 10.8 Å². The van der Waals surface area contributed by atoms with E-state index < -0.39 is 0 Å². The van der Waals surface area contributed by atoms with E-state index in [4.69, 9.17) is 16.4 Å². The highest BCUT2D eigenvalue weighted by molar-refractivity contribution is 7.10. The van der Waals surface area contributed by atoms with Crippen LogP contribution in [0, 0.1) is 16.7 Å². The van der Waals surface area contributed by atoms with Gasteiger partial charge in [0.2, 0.25) is 5.71 Å². The molecule has 1 unspecified atom stereocenters. The SMILES string of the molecule is CC(Nc1ccccc1N/N=C(\C#N)C(=N)N)c1cccs1. The normalized spacial score (nSPS) is 12.3. The molecule has 7 heteroatoms. The Hall–Kier alpha value is -2.85. The Morgan fingerprint density at radius 1 is 1.32 bits per heavy atom. The summed E-state index contributed by atoms with van der Waals surface area (Å²) in [6, 6.07) is 13.5. The molecular formula is C15H16N6S. The molecule has 112 valence electrons. The number of hydrazone groups is 1. The number of amidine groups is 1. The highest BCUT2D eigenvalue weighted by atomic mass is 32.1. The fourth-order valence-electron chi connectivity index (χ4n) is 1.81. The van der Waals surface area contributed by atoms with Crippen LogP contribution in [0.5, 0.6) is 0 Å². The average Bonchev–Trinajstić information content (AvgIpc) is 3.03. The van der Waals surface area contributed by atoms with Crippen LogP contribution in [-0.2, 0) is 0 Å². The zero-order valence-corrected chi connectivity index (χ0v) is 12.8. The van der Waals surface area contributed by atoms with Gasteiger partial charge in [-0.1, -0.05) is 18.2 Å². The summed E-state index contributed by atoms with van der Waals surface area (Å²) in [4.78, 5) is 1.22. The molecule has 1 aromatic heterocycles. The van der Waals surface area contributed by atoms with E-state index in [1.165, 1.54) is 4.88 Å². The van der Waals surface area contributed by atoms with Crippen LogP contribution in [-0.4, -0.2) is 11.5 Å². The summed E-state index contributed by atoms with van der Waals surface area (Å²) in [5.41, 5.74) is 9.46. The van der Waals surface area contributed by atoms with Crippen molar-refractivity contribution in [2.75, 3.05) is 10.7 Å². The lowest BCUT2D eigenvalue weighted by molar-refractivity contribution is 0.908. The van der Waals surface area contributed by atoms with Crippen LogP contribution in [0.25, 0.3) is 0 Å². The van der Waals surface area contributed by atoms with Gasteiger partial charge < -0.3 is 11.1 Å². The van der Waals surface area contributed by atoms with Crippen LogP contribution in [0.2, 0.25) is 0 Å². The van der Waals surface area contributed by atoms with E-state index in [0.29, 0.717) is 5.69 Å². The second kappa shape index (κ2) is 7.24. The number of thiophene rings is 1. The number of nitrogens with two attached hydrogens (primary N) is 1. The van der Waals surface area contributed by atoms with Gasteiger partial charge in [-0.15, -0.1) is 11.3 Å². The van der Waals surface area contributed by atoms with Gasteiger partial charge in [0.1, 0.15) is 6.07 Å². The first-order chi connectivity index (χ1) is 10.6. The molecule has 1 aromatic carbocycles. The molecule has 0 aliphatic rings. The molecule has 0 aliphatic heterocycles. The highest BCUT2D eigenvalue weighted by Crippen LogP contribution is 2.27. The van der Waals surface area contributed by atoms with E-state index in [1.54, 1.807) is 17.4 Å². The van der Waals surface area contributed by atoms with Gasteiger partial charge in [-0.05, 0) is 30.5 Å². The summed E-state index contributed by atoms with van der Waals surface area (Å²) in [6.45, 7) is 2.07. The monoisotopic (exact) mass is 312 g/mol. The first-order valence-electron chi connectivity index (χ1n) is 6.59. The van der Waals surface area contributed by atoms with Crippen LogP contribution < -0.4 is 16.5 Å². The standard InChI is InChI=1S/C15H16N6S/c1-10(14-7-4-8-22-14)19-11-5-2-3-6-12(11)20-21-13(9-16)15(17)18/h2-8,10,19-20H,1H3,(H3,17,18)/b21-13+. The van der Waals surface area contributed by atoms with Gasteiger partial charge in [0, 0.05) is 4.88 Å². The number of anilines is 2. The van der Waals surface area contributed by atoms with Crippen molar-refractivity contribution in [3.05, 3.63) is 46.7 Å². The fourth-order valence-corrected chi connectivity index (χ4v) is 2.54. The van der Waals surface area contributed by atoms with Crippen molar-refractivity contribution in [1.82, 2.24) is 0 Å². The molecule has 22 heavy (non-hydrogen) atoms. The molecule has 0 spiro atoms. The lowest BCUT2D eigenvalue weighted by atomic mass is 10.2. The molecule has 0 aliphatic carbocycles. The topological polar surface area (TPSA) is 110 Å². The third-order valence-electron chi connectivity index (χ3n) is 2.92. The maximum Gasteiger partial charge on any atom is 0.201 e. The lowest BCUT2D eigenvalue weighted by Gasteiger charge is -2.16. The number of hydrogen-bond donors (Lipinski definition) is 4. The number of nitrogens with zero attached hydrogens (tertiary/aromatic N) is 2. The van der Waals surface area contributed by atoms with Crippen LogP contribution in [0.15, 0.2) is 46.9 Å². The third-order valence-corrected chi connectivity index (χ3v) is 3.97. The molecule has 1 atom stereocenters. The third kappa shape index (κ3) is 3.84. The zero-order chi connectivity index (χ0) is 15.9. The molecule has 0 bridgehead atoms. The molecular weight excluding hydrogens is 296 g/mol. The summed E-state index contributed by atoms with van der Waals surface area (Å²) in [7, 11) is 0. The minimum absolute atomic E-state index is 0.148. The number of nitriles is 1. The molecule has 1 heterocycles. The Kier molecular flexibility index (Phi) is 5.11. The molecule has 2 aromatic rings. The highest BCUT2D eigenvalue weighted by Gasteiger charge is 2.09. The van der Waals surface area contributed by atoms with Gasteiger partial charge in [0.25, 0.3) is 0 Å². The van der Waals surface area contributed by atoms with Crippen LogP contribution in [0.1, 0.15) is 17.8 Å². The van der Waals surface area contributed by atoms with Crippen LogP contribution in [0.3, 0.4) is 0 Å². The number of benzene rings is 1. The Labute approximate surface area is 132 Å². The minimum Gasteiger partial charge on any atom is -0.382 e. The molecule has 2 rings (SSSR count). The summed E-state index contributed by atoms with van der Waals surface area (Å²) in [5, 5.41) is 25.4. The number of rotatable bonds is 6. The summed E-state index contributed by atoms with van der Waals surface area (Å²) in [5.74, 6) is -0.368. The van der Waals surface area contributed by atoms with Gasteiger partial charge in [-0.2, -0.15) is 10.4 Å². The van der Waals surface area contributed by atoms with Crippen molar-refractivity contribution in [2.24, 2.45) is 10.8 Å². The van der Waals surface area contributed by atoms with Crippen molar-refractivity contribution < 1.29 is 0 Å². The number of hydrogen-bond acceptors (Lipinski definition) is 6. The number of nitrogens with one attached hydrogen (secondary N) is 3. The van der Waals surface area contributed by atoms with Gasteiger partial charge in [0.05, 0.1) is 17.4 Å². The molecule has 0 radical (unpaired) electrons. The predicted octanol–water partition coefficient (Wildman–Crippen LogP) is 3.15. The van der Waals surface area contributed by atoms with Gasteiger partial charge in [-0.25, -0.2) is 0 Å². The van der Waals surface area contributed by atoms with Crippen molar-refractivity contribution in [1.29, 1.82) is 10.7 Å². The van der Waals surface area contributed by atoms with Gasteiger partial charge in [0.15, 0.2) is 5.84 Å². The molecule has 0 saturated carbocycles. The average molecular weight is 312 g/mol. The molecule has 0 amide bonds. The molecule has 0 fully saturated rings. The Morgan fingerprint density at radius 2 is 2.05 bits per heavy atom. The molecule has 6 nitrogen and oxygen atoms in total. The van der Waals surface area contributed by atoms with Crippen LogP contribution >= 0.6 is 11.3 Å². The molecule has 5 N–H and O–H groups in total. The second-order valence-corrected chi connectivity index (χ2v) is 5.50. The zero-order valence-electron chi connectivity index (χ0n) is 12.0. The van der Waals surface area contributed by atoms with E-state index in [1.807, 2.05) is 35.7 Å². The van der Waals surface area contributed by atoms with Crippen molar-refractivity contribution in [2.45, 2.75) is 13.0 Å². The molecule has 0 saturated heterocycles. The van der Waals surface area contributed by atoms with Gasteiger partial charge >= 0.3 is 0 Å². The fraction of sp³-hybridized carbons (Fsp3) is 0.133. The van der Waals surface area contributed by atoms with E-state index >= 15 is 0 Å². The first-order valence-corrected chi connectivity index (χ1v) is 7.47. The lowest BCUT2D eigenvalue weighted by Crippen LogP contribution is -2.22. The van der Waals surface area contributed by atoms with E-state index in [2.05, 4.69) is 28.8 Å². The largest absolute Gasteiger partial charge is 0.382 e. The summed E-state index contributed by atoms with van der Waals surface area (Å²) >= 11 is 1.68. The van der Waals surface area contributed by atoms with E-state index in [0.717, 1.165) is 5.69 Å². The Balaban J connectivity index is 2.17. The van der Waals surface area contributed by atoms with E-state index in [9.17, 15) is 0 Å². The van der Waals surface area contributed by atoms with E-state index in [-0.39, 0.29) is 17.6 Å². The predicted molar refractivity (Wildman–Crippen MR) is 91.4 cm³/mol. The second-order valence-electron chi connectivity index (χ2n) is 4.52. The first kappa shape index (κ1) is 15.5. The van der Waals surface area contributed by atoms with Crippen molar-refractivity contribution in [3.63, 3.8) is 0 Å². The van der Waals surface area contributed by atoms with Crippen LogP contribution in [0.4, 0.5) is 11.4 Å². The Morgan fingerprint density at radius 3 is 2.64 bits per heavy atom. The number of para-hydroxylation sites is 2. The maximum atomic E-state index is 8.86. The quantitative estimate of drug-likeness (QED) is 0.373. The van der Waals surface area contributed by atoms with Crippen molar-refractivity contribution >= 4 is 34.3 Å².